The first-order chi connectivity index (χ1) is 6.29. The number of ether oxygens (including phenoxy) is 1. The lowest BCUT2D eigenvalue weighted by Crippen LogP contribution is -2.37. The van der Waals surface area contributed by atoms with E-state index in [-0.39, 0.29) is 11.8 Å². The number of alkyl halides is 1. The number of nitrogens with zero attached hydrogens (tertiary/aromatic N) is 1. The Morgan fingerprint density at radius 1 is 1.69 bits per heavy atom. The maximum Gasteiger partial charge on any atom is 0.228 e. The molecule has 0 spiro atoms. The average molecular weight is 206 g/mol. The minimum absolute atomic E-state index is 0.0724. The monoisotopic (exact) mass is 205 g/mol. The normalized spacial score (nSPS) is 21.8. The van der Waals surface area contributed by atoms with Crippen LogP contribution in [0.3, 0.4) is 0 Å². The molecule has 0 aliphatic carbocycles. The molecule has 0 aromatic heterocycles. The largest absolute Gasteiger partial charge is 0.381 e. The number of hydrogen-bond donors (Lipinski definition) is 0. The summed E-state index contributed by atoms with van der Waals surface area (Å²) < 4.78 is 5.17. The van der Waals surface area contributed by atoms with Gasteiger partial charge in [-0.1, -0.05) is 0 Å². The summed E-state index contributed by atoms with van der Waals surface area (Å²) in [5.74, 6) is 0.775. The highest BCUT2D eigenvalue weighted by molar-refractivity contribution is 6.18. The highest BCUT2D eigenvalue weighted by atomic mass is 35.5. The van der Waals surface area contributed by atoms with Crippen LogP contribution >= 0.6 is 11.6 Å². The molecule has 0 N–H and O–H groups in total. The molecular formula is C9H16ClNO2. The fourth-order valence-corrected chi connectivity index (χ4v) is 1.72. The second kappa shape index (κ2) is 5.45. The van der Waals surface area contributed by atoms with Crippen LogP contribution in [0.4, 0.5) is 0 Å². The Balaban J connectivity index is 2.42. The van der Waals surface area contributed by atoms with Gasteiger partial charge in [0.25, 0.3) is 0 Å². The minimum atomic E-state index is 0.0724. The molecule has 0 aromatic rings. The topological polar surface area (TPSA) is 29.5 Å². The molecule has 4 heteroatoms. The Morgan fingerprint density at radius 2 is 2.46 bits per heavy atom. The zero-order valence-corrected chi connectivity index (χ0v) is 8.72. The molecule has 3 nitrogen and oxygen atoms in total. The maximum absolute atomic E-state index is 11.8. The first-order valence-corrected chi connectivity index (χ1v) is 5.25. The van der Waals surface area contributed by atoms with Crippen LogP contribution < -0.4 is 0 Å². The Labute approximate surface area is 84.0 Å². The predicted molar refractivity (Wildman–Crippen MR) is 51.9 cm³/mol. The minimum Gasteiger partial charge on any atom is -0.381 e. The number of rotatable bonds is 4. The Morgan fingerprint density at radius 3 is 2.92 bits per heavy atom. The van der Waals surface area contributed by atoms with Gasteiger partial charge in [0.1, 0.15) is 0 Å². The number of carbonyl (C=O) groups is 1. The molecule has 0 bridgehead atoms. The average Bonchev–Trinajstić information content (AvgIpc) is 2.65. The van der Waals surface area contributed by atoms with Gasteiger partial charge in [0.05, 0.1) is 12.5 Å². The van der Waals surface area contributed by atoms with Crippen LogP contribution in [0.15, 0.2) is 0 Å². The van der Waals surface area contributed by atoms with Crippen molar-refractivity contribution in [1.82, 2.24) is 4.90 Å². The summed E-state index contributed by atoms with van der Waals surface area (Å²) in [5.41, 5.74) is 0. The van der Waals surface area contributed by atoms with E-state index in [1.807, 2.05) is 6.92 Å². The van der Waals surface area contributed by atoms with Crippen molar-refractivity contribution in [3.05, 3.63) is 0 Å². The molecule has 1 unspecified atom stereocenters. The SMILES string of the molecule is CCN(CCCl)C(=O)C1CCOC1. The third kappa shape index (κ3) is 2.85. The third-order valence-corrected chi connectivity index (χ3v) is 2.50. The van der Waals surface area contributed by atoms with Gasteiger partial charge in [-0.3, -0.25) is 4.79 Å². The second-order valence-electron chi connectivity index (χ2n) is 3.17. The van der Waals surface area contributed by atoms with Crippen LogP contribution in [-0.2, 0) is 9.53 Å². The van der Waals surface area contributed by atoms with Gasteiger partial charge in [-0.2, -0.15) is 0 Å². The highest BCUT2D eigenvalue weighted by Crippen LogP contribution is 2.15. The smallest absolute Gasteiger partial charge is 0.228 e. The third-order valence-electron chi connectivity index (χ3n) is 2.33. The van der Waals surface area contributed by atoms with Gasteiger partial charge in [0, 0.05) is 25.6 Å². The Hall–Kier alpha value is -0.280. The molecule has 0 aromatic carbocycles. The molecule has 1 rings (SSSR count). The van der Waals surface area contributed by atoms with Crippen LogP contribution in [0.1, 0.15) is 13.3 Å². The highest BCUT2D eigenvalue weighted by Gasteiger charge is 2.26. The molecule has 0 saturated carbocycles. The van der Waals surface area contributed by atoms with Gasteiger partial charge in [-0.25, -0.2) is 0 Å². The summed E-state index contributed by atoms with van der Waals surface area (Å²) in [6, 6.07) is 0. The molecule has 1 atom stereocenters. The predicted octanol–water partition coefficient (Wildman–Crippen LogP) is 1.11. The molecule has 1 saturated heterocycles. The van der Waals surface area contributed by atoms with E-state index in [1.54, 1.807) is 4.90 Å². The lowest BCUT2D eigenvalue weighted by molar-refractivity contribution is -0.135. The lowest BCUT2D eigenvalue weighted by atomic mass is 10.1. The van der Waals surface area contributed by atoms with Crippen molar-refractivity contribution in [3.63, 3.8) is 0 Å². The van der Waals surface area contributed by atoms with Crippen molar-refractivity contribution in [1.29, 1.82) is 0 Å². The van der Waals surface area contributed by atoms with E-state index in [0.717, 1.165) is 19.6 Å². The number of hydrogen-bond acceptors (Lipinski definition) is 2. The molecular weight excluding hydrogens is 190 g/mol. The van der Waals surface area contributed by atoms with Crippen molar-refractivity contribution in [2.24, 2.45) is 5.92 Å². The molecule has 1 fully saturated rings. The quantitative estimate of drug-likeness (QED) is 0.644. The van der Waals surface area contributed by atoms with E-state index in [2.05, 4.69) is 0 Å². The maximum atomic E-state index is 11.8. The molecule has 1 amide bonds. The van der Waals surface area contributed by atoms with Crippen LogP contribution in [-0.4, -0.2) is 43.0 Å². The van der Waals surface area contributed by atoms with Gasteiger partial charge in [0.15, 0.2) is 0 Å². The summed E-state index contributed by atoms with van der Waals surface area (Å²) in [6.45, 7) is 4.65. The van der Waals surface area contributed by atoms with Gasteiger partial charge in [0.2, 0.25) is 5.91 Å². The summed E-state index contributed by atoms with van der Waals surface area (Å²) >= 11 is 5.60. The van der Waals surface area contributed by atoms with Crippen molar-refractivity contribution >= 4 is 17.5 Å². The standard InChI is InChI=1S/C9H16ClNO2/c1-2-11(5-4-10)9(12)8-3-6-13-7-8/h8H,2-7H2,1H3. The molecule has 0 radical (unpaired) electrons. The Bertz CT molecular complexity index is 169. The van der Waals surface area contributed by atoms with Crippen LogP contribution in [0, 0.1) is 5.92 Å². The summed E-state index contributed by atoms with van der Waals surface area (Å²) in [7, 11) is 0. The lowest BCUT2D eigenvalue weighted by Gasteiger charge is -2.22. The van der Waals surface area contributed by atoms with Gasteiger partial charge >= 0.3 is 0 Å². The van der Waals surface area contributed by atoms with Gasteiger partial charge in [-0.05, 0) is 13.3 Å². The summed E-state index contributed by atoms with van der Waals surface area (Å²) in [6.07, 6.45) is 0.859. The van der Waals surface area contributed by atoms with E-state index < -0.39 is 0 Å². The van der Waals surface area contributed by atoms with Crippen molar-refractivity contribution < 1.29 is 9.53 Å². The van der Waals surface area contributed by atoms with E-state index in [9.17, 15) is 4.79 Å². The zero-order chi connectivity index (χ0) is 9.68. The van der Waals surface area contributed by atoms with Crippen molar-refractivity contribution in [2.45, 2.75) is 13.3 Å². The van der Waals surface area contributed by atoms with E-state index >= 15 is 0 Å². The number of amides is 1. The first-order valence-electron chi connectivity index (χ1n) is 4.72. The summed E-state index contributed by atoms with van der Waals surface area (Å²) in [5, 5.41) is 0. The fourth-order valence-electron chi connectivity index (χ4n) is 1.51. The van der Waals surface area contributed by atoms with Gasteiger partial charge in [-0.15, -0.1) is 11.6 Å². The zero-order valence-electron chi connectivity index (χ0n) is 7.96. The number of halogens is 1. The van der Waals surface area contributed by atoms with E-state index in [0.29, 0.717) is 19.0 Å². The van der Waals surface area contributed by atoms with Crippen molar-refractivity contribution in [2.75, 3.05) is 32.2 Å². The molecule has 1 heterocycles. The Kier molecular flexibility index (Phi) is 4.53. The van der Waals surface area contributed by atoms with Crippen molar-refractivity contribution in [3.8, 4) is 0 Å². The summed E-state index contributed by atoms with van der Waals surface area (Å²) in [4.78, 5) is 13.6. The van der Waals surface area contributed by atoms with E-state index in [4.69, 9.17) is 16.3 Å². The first kappa shape index (κ1) is 10.8. The number of carbonyl (C=O) groups excluding carboxylic acids is 1. The molecule has 1 aliphatic rings. The molecule has 13 heavy (non-hydrogen) atoms. The molecule has 1 aliphatic heterocycles. The van der Waals surface area contributed by atoms with Crippen LogP contribution in [0.25, 0.3) is 0 Å². The van der Waals surface area contributed by atoms with Crippen LogP contribution in [0.2, 0.25) is 0 Å². The van der Waals surface area contributed by atoms with Gasteiger partial charge < -0.3 is 9.64 Å². The van der Waals surface area contributed by atoms with E-state index in [1.165, 1.54) is 0 Å². The second-order valence-corrected chi connectivity index (χ2v) is 3.55. The fraction of sp³-hybridized carbons (Fsp3) is 0.889. The van der Waals surface area contributed by atoms with Crippen LogP contribution in [0.5, 0.6) is 0 Å². The molecule has 76 valence electrons.